The normalized spacial score (nSPS) is 12.2. The number of hydrogen-bond acceptors (Lipinski definition) is 4. The molecule has 1 atom stereocenters. The molecule has 0 saturated heterocycles. The molecule has 3 N–H and O–H groups in total. The van der Waals surface area contributed by atoms with Crippen molar-refractivity contribution in [2.45, 2.75) is 13.0 Å². The third-order valence-electron chi connectivity index (χ3n) is 2.23. The number of carbonyl (C=O) groups is 1. The number of nitrogens with one attached hydrogen (secondary N) is 1. The summed E-state index contributed by atoms with van der Waals surface area (Å²) in [4.78, 5) is 16.1. The number of hydrogen-bond donors (Lipinski definition) is 2. The van der Waals surface area contributed by atoms with Crippen LogP contribution in [0.4, 0.5) is 5.69 Å². The molecule has 0 aliphatic rings. The fourth-order valence-electron chi connectivity index (χ4n) is 1.36. The molecule has 1 heterocycles. The first-order chi connectivity index (χ1) is 8.56. The zero-order chi connectivity index (χ0) is 13.1. The van der Waals surface area contributed by atoms with Gasteiger partial charge in [-0.3, -0.25) is 4.79 Å². The smallest absolute Gasteiger partial charge is 0.275 e. The molecule has 6 heteroatoms. The van der Waals surface area contributed by atoms with Crippen LogP contribution in [0.15, 0.2) is 29.6 Å². The van der Waals surface area contributed by atoms with Gasteiger partial charge < -0.3 is 11.1 Å². The van der Waals surface area contributed by atoms with E-state index in [0.717, 1.165) is 5.01 Å². The molecule has 2 rings (SSSR count). The van der Waals surface area contributed by atoms with Crippen LogP contribution in [-0.2, 0) is 0 Å². The number of nitrogens with two attached hydrogens (primary N) is 1. The van der Waals surface area contributed by atoms with Gasteiger partial charge in [-0.15, -0.1) is 11.3 Å². The Balaban J connectivity index is 2.12. The summed E-state index contributed by atoms with van der Waals surface area (Å²) in [6.07, 6.45) is 0. The molecule has 0 saturated carbocycles. The van der Waals surface area contributed by atoms with Crippen molar-refractivity contribution in [3.63, 3.8) is 0 Å². The van der Waals surface area contributed by atoms with E-state index in [2.05, 4.69) is 10.3 Å². The fraction of sp³-hybridized carbons (Fsp3) is 0.167. The third kappa shape index (κ3) is 3.07. The second kappa shape index (κ2) is 5.48. The Hall–Kier alpha value is -1.43. The number of amides is 1. The minimum atomic E-state index is -0.264. The van der Waals surface area contributed by atoms with Gasteiger partial charge in [0.05, 0.1) is 6.04 Å². The quantitative estimate of drug-likeness (QED) is 0.908. The minimum absolute atomic E-state index is 0.164. The Labute approximate surface area is 114 Å². The van der Waals surface area contributed by atoms with Gasteiger partial charge in [0.25, 0.3) is 5.91 Å². The number of rotatable bonds is 3. The van der Waals surface area contributed by atoms with E-state index in [4.69, 9.17) is 17.3 Å². The van der Waals surface area contributed by atoms with Gasteiger partial charge in [0.15, 0.2) is 0 Å². The molecular formula is C12H12ClN3OS. The highest BCUT2D eigenvalue weighted by Gasteiger charge is 2.12. The summed E-state index contributed by atoms with van der Waals surface area (Å²) in [5, 5.41) is 5.74. The molecule has 1 aromatic heterocycles. The monoisotopic (exact) mass is 281 g/mol. The van der Waals surface area contributed by atoms with E-state index < -0.39 is 0 Å². The zero-order valence-electron chi connectivity index (χ0n) is 9.68. The van der Waals surface area contributed by atoms with Crippen LogP contribution in [0.3, 0.4) is 0 Å². The van der Waals surface area contributed by atoms with Crippen LogP contribution in [-0.4, -0.2) is 10.9 Å². The van der Waals surface area contributed by atoms with Crippen molar-refractivity contribution in [3.05, 3.63) is 45.4 Å². The summed E-state index contributed by atoms with van der Waals surface area (Å²) in [6, 6.07) is 6.80. The molecular weight excluding hydrogens is 270 g/mol. The summed E-state index contributed by atoms with van der Waals surface area (Å²) in [7, 11) is 0. The highest BCUT2D eigenvalue weighted by Crippen LogP contribution is 2.18. The number of benzene rings is 1. The average Bonchev–Trinajstić information content (AvgIpc) is 2.78. The maximum Gasteiger partial charge on any atom is 0.275 e. The van der Waals surface area contributed by atoms with Crippen molar-refractivity contribution in [3.8, 4) is 0 Å². The van der Waals surface area contributed by atoms with E-state index in [-0.39, 0.29) is 11.9 Å². The maximum absolute atomic E-state index is 11.9. The summed E-state index contributed by atoms with van der Waals surface area (Å²) in [5.41, 5.74) is 6.71. The van der Waals surface area contributed by atoms with E-state index in [1.165, 1.54) is 11.3 Å². The van der Waals surface area contributed by atoms with Gasteiger partial charge in [-0.05, 0) is 25.1 Å². The first kappa shape index (κ1) is 13.0. The summed E-state index contributed by atoms with van der Waals surface area (Å²) >= 11 is 7.22. The molecule has 0 bridgehead atoms. The Morgan fingerprint density at radius 2 is 2.33 bits per heavy atom. The Bertz CT molecular complexity index is 568. The van der Waals surface area contributed by atoms with Crippen LogP contribution >= 0.6 is 22.9 Å². The van der Waals surface area contributed by atoms with Gasteiger partial charge in [-0.2, -0.15) is 0 Å². The summed E-state index contributed by atoms with van der Waals surface area (Å²) < 4.78 is 0. The molecule has 1 amide bonds. The molecule has 2 aromatic rings. The standard InChI is InChI=1S/C12H12ClN3OS/c1-7(14)12-16-10(6-18-12)11(17)15-9-4-2-3-8(13)5-9/h2-7H,14H2,1H3,(H,15,17). The first-order valence-corrected chi connectivity index (χ1v) is 6.60. The van der Waals surface area contributed by atoms with Crippen LogP contribution < -0.4 is 11.1 Å². The lowest BCUT2D eigenvalue weighted by Crippen LogP contribution is -2.13. The van der Waals surface area contributed by atoms with E-state index >= 15 is 0 Å². The van der Waals surface area contributed by atoms with Crippen molar-refractivity contribution in [1.82, 2.24) is 4.98 Å². The van der Waals surface area contributed by atoms with Crippen LogP contribution in [0.25, 0.3) is 0 Å². The number of aromatic nitrogens is 1. The molecule has 94 valence electrons. The summed E-state index contributed by atoms with van der Waals surface area (Å²) in [5.74, 6) is -0.264. The second-order valence-electron chi connectivity index (χ2n) is 3.82. The molecule has 1 unspecified atom stereocenters. The zero-order valence-corrected chi connectivity index (χ0v) is 11.3. The number of carbonyl (C=O) groups excluding carboxylic acids is 1. The van der Waals surface area contributed by atoms with Crippen molar-refractivity contribution >= 4 is 34.5 Å². The Morgan fingerprint density at radius 3 is 2.94 bits per heavy atom. The predicted molar refractivity (Wildman–Crippen MR) is 74.1 cm³/mol. The predicted octanol–water partition coefficient (Wildman–Crippen LogP) is 3.07. The largest absolute Gasteiger partial charge is 0.322 e. The SMILES string of the molecule is CC(N)c1nc(C(=O)Nc2cccc(Cl)c2)cs1. The number of thiazole rings is 1. The van der Waals surface area contributed by atoms with Crippen LogP contribution in [0, 0.1) is 0 Å². The molecule has 18 heavy (non-hydrogen) atoms. The van der Waals surface area contributed by atoms with Gasteiger partial charge in [-0.25, -0.2) is 4.98 Å². The van der Waals surface area contributed by atoms with Gasteiger partial charge in [-0.1, -0.05) is 17.7 Å². The number of nitrogens with zero attached hydrogens (tertiary/aromatic N) is 1. The molecule has 1 aromatic carbocycles. The molecule has 0 aliphatic carbocycles. The fourth-order valence-corrected chi connectivity index (χ4v) is 2.31. The van der Waals surface area contributed by atoms with Crippen molar-refractivity contribution in [2.24, 2.45) is 5.73 Å². The third-order valence-corrected chi connectivity index (χ3v) is 3.51. The number of halogens is 1. The Kier molecular flexibility index (Phi) is 3.96. The molecule has 0 aliphatic heterocycles. The lowest BCUT2D eigenvalue weighted by atomic mass is 10.3. The van der Waals surface area contributed by atoms with Gasteiger partial charge in [0, 0.05) is 16.1 Å². The maximum atomic E-state index is 11.9. The molecule has 0 radical (unpaired) electrons. The lowest BCUT2D eigenvalue weighted by Gasteiger charge is -2.03. The lowest BCUT2D eigenvalue weighted by molar-refractivity contribution is 0.102. The van der Waals surface area contributed by atoms with Gasteiger partial charge in [0.1, 0.15) is 10.7 Å². The van der Waals surface area contributed by atoms with Crippen LogP contribution in [0.5, 0.6) is 0 Å². The average molecular weight is 282 g/mol. The first-order valence-electron chi connectivity index (χ1n) is 5.34. The van der Waals surface area contributed by atoms with Gasteiger partial charge >= 0.3 is 0 Å². The molecule has 0 fully saturated rings. The Morgan fingerprint density at radius 1 is 1.56 bits per heavy atom. The second-order valence-corrected chi connectivity index (χ2v) is 5.15. The van der Waals surface area contributed by atoms with Crippen LogP contribution in [0.2, 0.25) is 5.02 Å². The van der Waals surface area contributed by atoms with E-state index in [1.54, 1.807) is 29.6 Å². The molecule has 0 spiro atoms. The minimum Gasteiger partial charge on any atom is -0.322 e. The van der Waals surface area contributed by atoms with E-state index in [0.29, 0.717) is 16.4 Å². The highest BCUT2D eigenvalue weighted by molar-refractivity contribution is 7.09. The van der Waals surface area contributed by atoms with Crippen molar-refractivity contribution in [1.29, 1.82) is 0 Å². The van der Waals surface area contributed by atoms with Gasteiger partial charge in [0.2, 0.25) is 0 Å². The highest BCUT2D eigenvalue weighted by atomic mass is 35.5. The van der Waals surface area contributed by atoms with Crippen molar-refractivity contribution in [2.75, 3.05) is 5.32 Å². The van der Waals surface area contributed by atoms with Crippen LogP contribution in [0.1, 0.15) is 28.5 Å². The molecule has 4 nitrogen and oxygen atoms in total. The van der Waals surface area contributed by atoms with E-state index in [9.17, 15) is 4.79 Å². The van der Waals surface area contributed by atoms with E-state index in [1.807, 2.05) is 6.92 Å². The summed E-state index contributed by atoms with van der Waals surface area (Å²) in [6.45, 7) is 1.83. The van der Waals surface area contributed by atoms with Crippen molar-refractivity contribution < 1.29 is 4.79 Å². The number of anilines is 1. The topological polar surface area (TPSA) is 68.0 Å².